The Labute approximate surface area is 254 Å². The first-order valence-electron chi connectivity index (χ1n) is 13.6. The number of carbonyl (C=O) groups is 2. The molecule has 0 amide bonds. The van der Waals surface area contributed by atoms with Gasteiger partial charge in [0.05, 0.1) is 6.61 Å². The number of carboxylic acid groups (broad SMARTS) is 1. The number of hydrogen-bond donors (Lipinski definition) is 3. The number of para-hydroxylation sites is 3. The molecule has 4 rings (SSSR count). The molecule has 0 fully saturated rings. The van der Waals surface area contributed by atoms with Crippen molar-refractivity contribution in [2.45, 2.75) is 32.1 Å². The van der Waals surface area contributed by atoms with E-state index >= 15 is 0 Å². The molecule has 0 spiro atoms. The van der Waals surface area contributed by atoms with Gasteiger partial charge in [0.1, 0.15) is 42.3 Å². The summed E-state index contributed by atoms with van der Waals surface area (Å²) in [6.45, 7) is -0.672. The third-order valence-electron chi connectivity index (χ3n) is 6.15. The van der Waals surface area contributed by atoms with Crippen molar-refractivity contribution < 1.29 is 47.4 Å². The first-order chi connectivity index (χ1) is 21.2. The van der Waals surface area contributed by atoms with Gasteiger partial charge < -0.3 is 29.6 Å². The first-order valence-corrected chi connectivity index (χ1v) is 15.1. The predicted molar refractivity (Wildman–Crippen MR) is 160 cm³/mol. The van der Waals surface area contributed by atoms with Crippen LogP contribution in [0.15, 0.2) is 103 Å². The van der Waals surface area contributed by atoms with Crippen molar-refractivity contribution in [2.24, 2.45) is 5.73 Å². The van der Waals surface area contributed by atoms with Crippen LogP contribution in [0.1, 0.15) is 23.1 Å². The van der Waals surface area contributed by atoms with E-state index in [1.807, 2.05) is 78.9 Å². The number of hydrogen-bond acceptors (Lipinski definition) is 9. The summed E-state index contributed by atoms with van der Waals surface area (Å²) >= 11 is 0. The Balaban J connectivity index is 1.28. The lowest BCUT2D eigenvalue weighted by Crippen LogP contribution is -2.34. The van der Waals surface area contributed by atoms with Crippen LogP contribution in [0.2, 0.25) is 0 Å². The Kier molecular flexibility index (Phi) is 11.5. The Bertz CT molecular complexity index is 1600. The molecule has 0 aliphatic carbocycles. The van der Waals surface area contributed by atoms with E-state index in [1.165, 1.54) is 6.07 Å². The van der Waals surface area contributed by atoms with E-state index in [0.717, 1.165) is 16.9 Å². The number of aliphatic carboxylic acids is 1. The summed E-state index contributed by atoms with van der Waals surface area (Å²) in [4.78, 5) is 33.4. The van der Waals surface area contributed by atoms with Gasteiger partial charge in [-0.25, -0.2) is 4.57 Å². The summed E-state index contributed by atoms with van der Waals surface area (Å²) in [5.41, 5.74) is 7.34. The van der Waals surface area contributed by atoms with Crippen LogP contribution >= 0.6 is 7.82 Å². The Morgan fingerprint density at radius 1 is 0.795 bits per heavy atom. The van der Waals surface area contributed by atoms with Gasteiger partial charge in [-0.2, -0.15) is 0 Å². The molecule has 0 aliphatic heterocycles. The second-order valence-corrected chi connectivity index (χ2v) is 10.9. The minimum absolute atomic E-state index is 0.0540. The smallest absolute Gasteiger partial charge is 0.489 e. The summed E-state index contributed by atoms with van der Waals surface area (Å²) in [6.07, 6.45) is 0.409. The zero-order valence-corrected chi connectivity index (χ0v) is 24.5. The van der Waals surface area contributed by atoms with Crippen LogP contribution in [0.5, 0.6) is 23.0 Å². The number of phosphoric acid groups is 1. The van der Waals surface area contributed by atoms with Gasteiger partial charge in [0.2, 0.25) is 0 Å². The summed E-state index contributed by atoms with van der Waals surface area (Å²) in [7, 11) is -4.69. The molecule has 0 radical (unpaired) electrons. The highest BCUT2D eigenvalue weighted by Crippen LogP contribution is 2.45. The minimum Gasteiger partial charge on any atom is -0.489 e. The lowest BCUT2D eigenvalue weighted by Gasteiger charge is -2.17. The number of carbonyl (C=O) groups excluding carboxylic acids is 1. The van der Waals surface area contributed by atoms with Gasteiger partial charge >= 0.3 is 19.8 Å². The van der Waals surface area contributed by atoms with E-state index in [4.69, 9.17) is 29.6 Å². The zero-order valence-electron chi connectivity index (χ0n) is 23.6. The van der Waals surface area contributed by atoms with E-state index in [2.05, 4.69) is 4.52 Å². The molecule has 0 bridgehead atoms. The molecule has 0 aliphatic rings. The normalized spacial score (nSPS) is 12.9. The molecule has 0 saturated heterocycles. The molecular weight excluding hydrogens is 589 g/mol. The summed E-state index contributed by atoms with van der Waals surface area (Å²) in [5, 5.41) is 8.81. The number of aryl methyl sites for hydroxylation is 1. The van der Waals surface area contributed by atoms with Gasteiger partial charge in [0, 0.05) is 12.0 Å². The fraction of sp³-hybridized carbons (Fsp3) is 0.188. The largest absolute Gasteiger partial charge is 0.527 e. The maximum atomic E-state index is 12.6. The van der Waals surface area contributed by atoms with Crippen LogP contribution in [-0.4, -0.2) is 34.6 Å². The number of carboxylic acids is 1. The van der Waals surface area contributed by atoms with E-state index in [0.29, 0.717) is 30.1 Å². The summed E-state index contributed by atoms with van der Waals surface area (Å²) in [6, 6.07) is 29.1. The van der Waals surface area contributed by atoms with Crippen LogP contribution in [0, 0.1) is 0 Å². The Hall–Kier alpha value is -4.67. The van der Waals surface area contributed by atoms with Crippen molar-refractivity contribution >= 4 is 19.8 Å². The Morgan fingerprint density at radius 3 is 2.20 bits per heavy atom. The fourth-order valence-corrected chi connectivity index (χ4v) is 4.74. The average molecular weight is 622 g/mol. The quantitative estimate of drug-likeness (QED) is 0.105. The summed E-state index contributed by atoms with van der Waals surface area (Å²) < 4.78 is 39.4. The van der Waals surface area contributed by atoms with E-state index < -0.39 is 32.4 Å². The molecule has 0 aromatic heterocycles. The second kappa shape index (κ2) is 15.7. The number of rotatable bonds is 16. The Morgan fingerprint density at radius 2 is 1.45 bits per heavy atom. The number of benzene rings is 4. The molecule has 0 saturated carbocycles. The van der Waals surface area contributed by atoms with Crippen molar-refractivity contribution in [3.8, 4) is 23.0 Å². The topological polar surface area (TPSA) is 164 Å². The van der Waals surface area contributed by atoms with Gasteiger partial charge in [-0.05, 0) is 53.9 Å². The van der Waals surface area contributed by atoms with Crippen molar-refractivity contribution in [3.63, 3.8) is 0 Å². The molecule has 4 aromatic rings. The molecule has 11 nitrogen and oxygen atoms in total. The van der Waals surface area contributed by atoms with Crippen LogP contribution in [0.4, 0.5) is 0 Å². The highest BCUT2D eigenvalue weighted by Gasteiger charge is 2.27. The third-order valence-corrected chi connectivity index (χ3v) is 7.05. The molecule has 230 valence electrons. The van der Waals surface area contributed by atoms with Crippen LogP contribution in [-0.2, 0) is 43.0 Å². The molecular formula is C32H32NO10P. The van der Waals surface area contributed by atoms with Crippen LogP contribution < -0.4 is 19.7 Å². The lowest BCUT2D eigenvalue weighted by atomic mass is 10.1. The monoisotopic (exact) mass is 621 g/mol. The fourth-order valence-electron chi connectivity index (χ4n) is 3.91. The number of nitrogens with two attached hydrogens (primary N) is 1. The van der Waals surface area contributed by atoms with E-state index in [-0.39, 0.29) is 18.8 Å². The minimum atomic E-state index is -4.69. The predicted octanol–water partition coefficient (Wildman–Crippen LogP) is 5.64. The molecule has 4 aromatic carbocycles. The number of ether oxygens (including phenoxy) is 3. The lowest BCUT2D eigenvalue weighted by molar-refractivity contribution is -0.145. The maximum Gasteiger partial charge on any atom is 0.527 e. The highest BCUT2D eigenvalue weighted by molar-refractivity contribution is 7.47. The van der Waals surface area contributed by atoms with Gasteiger partial charge in [0.15, 0.2) is 0 Å². The van der Waals surface area contributed by atoms with Gasteiger partial charge in [-0.15, -0.1) is 0 Å². The highest BCUT2D eigenvalue weighted by atomic mass is 31.2. The maximum absolute atomic E-state index is 12.6. The molecule has 1 unspecified atom stereocenters. The van der Waals surface area contributed by atoms with Gasteiger partial charge in [0.25, 0.3) is 0 Å². The molecule has 4 N–H and O–H groups in total. The molecule has 2 atom stereocenters. The number of esters is 1. The van der Waals surface area contributed by atoms with E-state index in [9.17, 15) is 19.0 Å². The SMILES string of the molecule is N[C@@H](COP(=O)(O)Oc1ccccc1COC(=O)CCc1ccccc1OCc1cccc(Oc2ccccc2)c1)C(=O)O. The van der Waals surface area contributed by atoms with Crippen LogP contribution in [0.25, 0.3) is 0 Å². The first kappa shape index (κ1) is 32.2. The average Bonchev–Trinajstić information content (AvgIpc) is 3.02. The summed E-state index contributed by atoms with van der Waals surface area (Å²) in [5.74, 6) is 0.0975. The van der Waals surface area contributed by atoms with Gasteiger partial charge in [-0.3, -0.25) is 19.0 Å². The van der Waals surface area contributed by atoms with E-state index in [1.54, 1.807) is 18.2 Å². The molecule has 0 heterocycles. The van der Waals surface area contributed by atoms with Crippen molar-refractivity contribution in [1.29, 1.82) is 0 Å². The zero-order chi connectivity index (χ0) is 31.4. The van der Waals surface area contributed by atoms with Crippen molar-refractivity contribution in [3.05, 3.63) is 120 Å². The van der Waals surface area contributed by atoms with Crippen molar-refractivity contribution in [2.75, 3.05) is 6.61 Å². The van der Waals surface area contributed by atoms with Crippen LogP contribution in [0.3, 0.4) is 0 Å². The molecule has 12 heteroatoms. The standard InChI is InChI=1S/C32H32NO10P/c33-28(32(35)36)22-41-44(37,38)43-30-16-7-5-11-25(30)21-40-31(34)18-17-24-10-4-6-15-29(24)39-20-23-9-8-14-27(19-23)42-26-12-2-1-3-13-26/h1-16,19,28H,17-18,20-22,33H2,(H,35,36)(H,37,38)/t28-/m0/s1. The van der Waals surface area contributed by atoms with Crippen molar-refractivity contribution in [1.82, 2.24) is 0 Å². The third kappa shape index (κ3) is 10.3. The van der Waals surface area contributed by atoms with Gasteiger partial charge in [-0.1, -0.05) is 66.7 Å². The molecule has 44 heavy (non-hydrogen) atoms. The second-order valence-electron chi connectivity index (χ2n) is 9.53. The number of phosphoric ester groups is 1.